The topological polar surface area (TPSA) is 122 Å². The fraction of sp³-hybridized carbons (Fsp3) is 0.346. The standard InChI is InChI=1S/C26H25Cl2FN6O4S/c1-25(2,3)39-24(38)34-12-26(13-34,23(37)30-10-19-17-8-14(27)5-7-21(17)40-32-19)35-11-20(31-33-35)22(36)16-6-4-15(28)9-18(16)29/h4-9,11,22,36H,10,12-13H2,1-3H3,(H,30,37). The second-order valence-electron chi connectivity index (χ2n) is 10.5. The summed E-state index contributed by atoms with van der Waals surface area (Å²) in [5.74, 6) is -1.16. The number of fused-ring (bicyclic) bond motifs is 1. The number of aliphatic hydroxyl groups excluding tert-OH is 1. The van der Waals surface area contributed by atoms with E-state index >= 15 is 0 Å². The van der Waals surface area contributed by atoms with Gasteiger partial charge in [0.1, 0.15) is 23.2 Å². The van der Waals surface area contributed by atoms with Crippen molar-refractivity contribution in [2.24, 2.45) is 0 Å². The van der Waals surface area contributed by atoms with Crippen molar-refractivity contribution in [2.45, 2.75) is 44.6 Å². The van der Waals surface area contributed by atoms with E-state index in [-0.39, 0.29) is 35.9 Å². The van der Waals surface area contributed by atoms with Crippen molar-refractivity contribution in [1.82, 2.24) is 29.6 Å². The summed E-state index contributed by atoms with van der Waals surface area (Å²) in [5.41, 5.74) is -1.47. The van der Waals surface area contributed by atoms with Gasteiger partial charge in [-0.3, -0.25) is 4.79 Å². The predicted octanol–water partition coefficient (Wildman–Crippen LogP) is 4.68. The van der Waals surface area contributed by atoms with Gasteiger partial charge in [0.25, 0.3) is 5.91 Å². The lowest BCUT2D eigenvalue weighted by Gasteiger charge is -2.47. The number of likely N-dealkylation sites (tertiary alicyclic amines) is 1. The molecule has 1 aliphatic rings. The molecule has 14 heteroatoms. The highest BCUT2D eigenvalue weighted by molar-refractivity contribution is 7.13. The highest BCUT2D eigenvalue weighted by Crippen LogP contribution is 2.33. The van der Waals surface area contributed by atoms with Crippen molar-refractivity contribution in [3.8, 4) is 0 Å². The van der Waals surface area contributed by atoms with E-state index in [1.807, 2.05) is 6.07 Å². The van der Waals surface area contributed by atoms with Crippen molar-refractivity contribution in [1.29, 1.82) is 0 Å². The molecule has 1 unspecified atom stereocenters. The SMILES string of the molecule is CC(C)(C)OC(=O)N1CC(C(=O)NCc2nsc3ccc(Cl)cc23)(n2cc(C(O)c3ccc(Cl)cc3F)nn2)C1. The maximum atomic E-state index is 14.4. The van der Waals surface area contributed by atoms with Crippen LogP contribution in [-0.2, 0) is 21.6 Å². The Kier molecular flexibility index (Phi) is 7.47. The molecule has 0 radical (unpaired) electrons. The minimum Gasteiger partial charge on any atom is -0.444 e. The van der Waals surface area contributed by atoms with Crippen LogP contribution >= 0.6 is 34.7 Å². The second-order valence-corrected chi connectivity index (χ2v) is 12.2. The molecule has 1 saturated heterocycles. The average molecular weight is 607 g/mol. The summed E-state index contributed by atoms with van der Waals surface area (Å²) in [6, 6.07) is 9.29. The molecule has 2 aromatic heterocycles. The van der Waals surface area contributed by atoms with E-state index in [2.05, 4.69) is 20.0 Å². The Morgan fingerprint density at radius 2 is 1.90 bits per heavy atom. The molecular weight excluding hydrogens is 582 g/mol. The van der Waals surface area contributed by atoms with E-state index in [0.717, 1.165) is 16.2 Å². The number of benzene rings is 2. The zero-order valence-corrected chi connectivity index (χ0v) is 24.0. The molecule has 40 heavy (non-hydrogen) atoms. The molecule has 0 spiro atoms. The van der Waals surface area contributed by atoms with Gasteiger partial charge in [-0.05, 0) is 62.6 Å². The number of halogens is 3. The zero-order chi connectivity index (χ0) is 28.8. The van der Waals surface area contributed by atoms with Crippen LogP contribution in [0.1, 0.15) is 43.8 Å². The highest BCUT2D eigenvalue weighted by atomic mass is 35.5. The van der Waals surface area contributed by atoms with Crippen molar-refractivity contribution in [2.75, 3.05) is 13.1 Å². The van der Waals surface area contributed by atoms with Crippen LogP contribution in [0.25, 0.3) is 10.1 Å². The largest absolute Gasteiger partial charge is 0.444 e. The number of ether oxygens (including phenoxy) is 1. The maximum Gasteiger partial charge on any atom is 0.410 e. The van der Waals surface area contributed by atoms with Crippen LogP contribution in [0, 0.1) is 5.82 Å². The Morgan fingerprint density at radius 3 is 2.60 bits per heavy atom. The van der Waals surface area contributed by atoms with Crippen molar-refractivity contribution >= 4 is 56.8 Å². The first kappa shape index (κ1) is 28.2. The third-order valence-corrected chi connectivity index (χ3v) is 7.72. The van der Waals surface area contributed by atoms with Crippen LogP contribution in [0.3, 0.4) is 0 Å². The van der Waals surface area contributed by atoms with Gasteiger partial charge < -0.3 is 20.1 Å². The molecule has 3 heterocycles. The van der Waals surface area contributed by atoms with E-state index in [9.17, 15) is 19.1 Å². The van der Waals surface area contributed by atoms with Gasteiger partial charge in [-0.25, -0.2) is 13.9 Å². The van der Waals surface area contributed by atoms with Gasteiger partial charge in [0.15, 0.2) is 5.54 Å². The Morgan fingerprint density at radius 1 is 1.20 bits per heavy atom. The Hall–Kier alpha value is -3.32. The van der Waals surface area contributed by atoms with Gasteiger partial charge in [-0.15, -0.1) is 5.10 Å². The number of amides is 2. The summed E-state index contributed by atoms with van der Waals surface area (Å²) < 4.78 is 26.5. The third-order valence-electron chi connectivity index (χ3n) is 6.39. The minimum atomic E-state index is -1.46. The molecule has 5 rings (SSSR count). The first-order valence-electron chi connectivity index (χ1n) is 12.2. The molecule has 1 aliphatic heterocycles. The minimum absolute atomic E-state index is 0.0178. The molecule has 2 aromatic carbocycles. The number of aromatic nitrogens is 4. The average Bonchev–Trinajstić information content (AvgIpc) is 3.48. The van der Waals surface area contributed by atoms with Crippen molar-refractivity contribution < 1.29 is 23.8 Å². The van der Waals surface area contributed by atoms with Crippen LogP contribution in [0.15, 0.2) is 42.6 Å². The van der Waals surface area contributed by atoms with Gasteiger partial charge >= 0.3 is 6.09 Å². The van der Waals surface area contributed by atoms with Crippen LogP contribution in [0.5, 0.6) is 0 Å². The smallest absolute Gasteiger partial charge is 0.410 e. The number of nitrogens with zero attached hydrogens (tertiary/aromatic N) is 5. The molecule has 1 atom stereocenters. The fourth-order valence-corrected chi connectivity index (χ4v) is 5.45. The van der Waals surface area contributed by atoms with Crippen LogP contribution < -0.4 is 5.32 Å². The number of aliphatic hydroxyl groups is 1. The summed E-state index contributed by atoms with van der Waals surface area (Å²) in [7, 11) is 0. The molecule has 1 fully saturated rings. The normalized spacial score (nSPS) is 15.5. The quantitative estimate of drug-likeness (QED) is 0.327. The summed E-state index contributed by atoms with van der Waals surface area (Å²) in [6.07, 6.45) is -0.679. The number of hydrogen-bond acceptors (Lipinski definition) is 8. The molecule has 0 bridgehead atoms. The molecular formula is C26H25Cl2FN6O4S. The highest BCUT2D eigenvalue weighted by Gasteiger charge is 2.55. The number of hydrogen-bond donors (Lipinski definition) is 2. The van der Waals surface area contributed by atoms with Gasteiger partial charge in [0.05, 0.1) is 36.2 Å². The van der Waals surface area contributed by atoms with E-state index in [4.69, 9.17) is 27.9 Å². The lowest BCUT2D eigenvalue weighted by Crippen LogP contribution is -2.70. The zero-order valence-electron chi connectivity index (χ0n) is 21.7. The van der Waals surface area contributed by atoms with E-state index < -0.39 is 35.1 Å². The lowest BCUT2D eigenvalue weighted by molar-refractivity contribution is -0.140. The molecule has 210 valence electrons. The Bertz CT molecular complexity index is 1600. The van der Waals surface area contributed by atoms with Crippen molar-refractivity contribution in [3.63, 3.8) is 0 Å². The first-order valence-corrected chi connectivity index (χ1v) is 13.7. The summed E-state index contributed by atoms with van der Waals surface area (Å²) in [4.78, 5) is 27.7. The van der Waals surface area contributed by atoms with E-state index in [0.29, 0.717) is 10.7 Å². The summed E-state index contributed by atoms with van der Waals surface area (Å²) in [6.45, 7) is 5.22. The molecule has 10 nitrogen and oxygen atoms in total. The Balaban J connectivity index is 1.40. The third kappa shape index (κ3) is 5.49. The van der Waals surface area contributed by atoms with Crippen molar-refractivity contribution in [3.05, 3.63) is 75.4 Å². The maximum absolute atomic E-state index is 14.4. The second kappa shape index (κ2) is 10.6. The van der Waals surface area contributed by atoms with Gasteiger partial charge in [0, 0.05) is 21.0 Å². The predicted molar refractivity (Wildman–Crippen MR) is 148 cm³/mol. The Labute approximate surface area is 242 Å². The number of nitrogens with one attached hydrogen (secondary N) is 1. The van der Waals surface area contributed by atoms with Crippen LogP contribution in [-0.4, -0.2) is 60.1 Å². The molecule has 0 aliphatic carbocycles. The number of rotatable bonds is 6. The number of carbonyl (C=O) groups excluding carboxylic acids is 2. The fourth-order valence-electron chi connectivity index (χ4n) is 4.34. The van der Waals surface area contributed by atoms with E-state index in [1.54, 1.807) is 32.9 Å². The first-order chi connectivity index (χ1) is 18.9. The summed E-state index contributed by atoms with van der Waals surface area (Å²) >= 11 is 13.3. The number of carbonyl (C=O) groups is 2. The molecule has 0 saturated carbocycles. The molecule has 2 N–H and O–H groups in total. The summed E-state index contributed by atoms with van der Waals surface area (Å²) in [5, 5.41) is 23.3. The van der Waals surface area contributed by atoms with E-state index in [1.165, 1.54) is 39.4 Å². The van der Waals surface area contributed by atoms with Crippen LogP contribution in [0.2, 0.25) is 10.0 Å². The lowest BCUT2D eigenvalue weighted by atomic mass is 9.89. The van der Waals surface area contributed by atoms with Gasteiger partial charge in [-0.2, -0.15) is 4.37 Å². The molecule has 2 amide bonds. The van der Waals surface area contributed by atoms with Crippen LogP contribution in [0.4, 0.5) is 9.18 Å². The van der Waals surface area contributed by atoms with Gasteiger partial charge in [-0.1, -0.05) is 34.5 Å². The monoisotopic (exact) mass is 606 g/mol. The van der Waals surface area contributed by atoms with Gasteiger partial charge in [0.2, 0.25) is 0 Å². The molecule has 4 aromatic rings.